The van der Waals surface area contributed by atoms with Gasteiger partial charge in [0.25, 0.3) is 15.9 Å². The van der Waals surface area contributed by atoms with Crippen LogP contribution >= 0.6 is 58.0 Å². The van der Waals surface area contributed by atoms with E-state index in [1.807, 2.05) is 85.4 Å². The van der Waals surface area contributed by atoms with Gasteiger partial charge < -0.3 is 24.1 Å². The van der Waals surface area contributed by atoms with Crippen LogP contribution in [0.3, 0.4) is 0 Å². The van der Waals surface area contributed by atoms with Crippen molar-refractivity contribution in [3.05, 3.63) is 200 Å². The van der Waals surface area contributed by atoms with Crippen LogP contribution < -0.4 is 36.4 Å². The lowest BCUT2D eigenvalue weighted by Gasteiger charge is -2.27. The van der Waals surface area contributed by atoms with E-state index in [-0.39, 0.29) is 76.0 Å². The number of primary sulfonamides is 1. The average Bonchev–Trinajstić information content (AvgIpc) is 1.59. The molecule has 2 atom stereocenters. The SMILES string of the molecule is CC(C)(C)OC(=O)c1ccc(-n2ccc([Si](C)(C)C)n2)nc1Cl.CC(C)(C)OC(=O)c1ccc(Cl)nc1Cl.C[Si](C)(C)c1ccn(-c2ccc(C(=O)O)c(Cl)n2)n1.C[Si](C)(C)c1ccn[nH]1.C[Si](C)(C)c1ccnn1C1CCCCO1.Cc1nn(C)cc1S(=O)(=O)NC(=O)c1ccc(-n2ccc([Si](C)(C)C)n2)nc1Cl.Cc1nn(C)cc1S(N)(=O)=O.c1cnn(C2CCCCO2)c1. The van der Waals surface area contributed by atoms with Gasteiger partial charge in [0.05, 0.1) is 33.6 Å². The van der Waals surface area contributed by atoms with Crippen molar-refractivity contribution in [3.8, 4) is 17.5 Å². The summed E-state index contributed by atoms with van der Waals surface area (Å²) >= 11 is 29.5. The predicted octanol–water partition coefficient (Wildman–Crippen LogP) is 14.6. The van der Waals surface area contributed by atoms with E-state index in [0.717, 1.165) is 42.0 Å². The Hall–Kier alpha value is -9.53. The number of carbonyl (C=O) groups is 4. The fraction of sp³-hybridized carbons (Fsp3) is 0.435. The first-order chi connectivity index (χ1) is 61.0. The van der Waals surface area contributed by atoms with Gasteiger partial charge >= 0.3 is 17.9 Å². The number of nitrogens with zero attached hydrogens (tertiary/aromatic N) is 19. The number of carboxylic acid groups (broad SMARTS) is 1. The Morgan fingerprint density at radius 3 is 1.23 bits per heavy atom. The van der Waals surface area contributed by atoms with Gasteiger partial charge in [-0.25, -0.2) is 84.4 Å². The van der Waals surface area contributed by atoms with Crippen LogP contribution in [-0.2, 0) is 53.1 Å². The molecular formula is C85H121Cl5N22O13S2Si5. The molecule has 12 aromatic heterocycles. The number of hydrogen-bond acceptors (Lipinski definition) is 24. The fourth-order valence-electron chi connectivity index (χ4n) is 12.0. The standard InChI is InChI=1S/C17H21ClN6O3SSi.C16H22ClN3O2Si.C12H14ClN3O2Si.C11H20N2OSi.C10H11Cl2NO2.C8H12N2O.C6H12N2Si.C5H9N3O2S/c1-11-13(10-23(2)20-11)28(26,27)22-17(25)12-6-7-14(19-16(12)18)24-9-8-15(21-24)29(3,4)5;1-16(2,3)22-15(21)11-7-8-12(18-14(11)17)20-10-9-13(19-20)23(4,5)6;1-19(2,3)10-6-7-16(15-10)9-5-4-8(12(17)18)11(13)14-9;1-15(2,3)11-7-8-12-13(11)10-6-4-5-9-14-10;1-10(2,3)15-9(14)6-4-5-7(11)13-8(6)12;1-2-7-11-8(4-1)10-6-3-5-9-10;1-9(2,3)6-4-5-7-8-6;1-4-5(11(6,9)10)3-8(2)7-4/h6-10H,1-5H3,(H,22,25);7-10H,1-6H3;4-7H,1-3H3,(H,17,18);7-8,10H,4-6,9H2,1-3H3;4-5H,1-3H3;3,5-6,8H,1-2,4,7H2;4-5H,1-3H3,(H,7,8);3H,1-2H3,(H2,6,9,10). The number of aromatic carboxylic acids is 1. The molecule has 0 spiro atoms. The molecule has 2 unspecified atom stereocenters. The molecule has 35 nitrogen and oxygen atoms in total. The molecule has 2 saturated heterocycles. The largest absolute Gasteiger partial charge is 0.478 e. The van der Waals surface area contributed by atoms with E-state index in [4.69, 9.17) is 87.2 Å². The Kier molecular flexibility index (Phi) is 38.3. The zero-order chi connectivity index (χ0) is 98.8. The molecule has 2 aliphatic heterocycles. The van der Waals surface area contributed by atoms with Crippen LogP contribution in [0.25, 0.3) is 17.5 Å². The van der Waals surface area contributed by atoms with Crippen molar-refractivity contribution in [1.82, 2.24) is 103 Å². The summed E-state index contributed by atoms with van der Waals surface area (Å²) in [5.41, 5.74) is -0.0212. The quantitative estimate of drug-likeness (QED) is 0.0374. The highest BCUT2D eigenvalue weighted by Crippen LogP contribution is 2.27. The molecule has 2 fully saturated rings. The highest BCUT2D eigenvalue weighted by atomic mass is 35.5. The maximum atomic E-state index is 12.5. The van der Waals surface area contributed by atoms with E-state index in [1.54, 1.807) is 99.4 Å². The number of nitrogens with two attached hydrogens (primary N) is 1. The fourth-order valence-corrected chi connectivity index (χ4v) is 20.4. The number of aryl methyl sites for hydroxylation is 4. The van der Waals surface area contributed by atoms with Gasteiger partial charge in [-0.1, -0.05) is 156 Å². The predicted molar refractivity (Wildman–Crippen MR) is 528 cm³/mol. The second kappa shape index (κ2) is 46.1. The number of carbonyl (C=O) groups excluding carboxylic acids is 3. The van der Waals surface area contributed by atoms with E-state index in [9.17, 15) is 36.0 Å². The minimum atomic E-state index is -4.09. The van der Waals surface area contributed by atoms with Crippen LogP contribution in [0.4, 0.5) is 0 Å². The highest BCUT2D eigenvalue weighted by molar-refractivity contribution is 7.90. The molecule has 716 valence electrons. The van der Waals surface area contributed by atoms with Crippen molar-refractivity contribution in [2.24, 2.45) is 19.2 Å². The Bertz CT molecular complexity index is 6110. The Morgan fingerprint density at radius 1 is 0.492 bits per heavy atom. The average molecular weight is 2040 g/mol. The lowest BCUT2D eigenvalue weighted by atomic mass is 10.2. The van der Waals surface area contributed by atoms with Crippen LogP contribution in [-0.4, -0.2) is 209 Å². The summed E-state index contributed by atoms with van der Waals surface area (Å²) in [6.45, 7) is 49.4. The number of ether oxygens (including phenoxy) is 4. The number of esters is 2. The molecule has 132 heavy (non-hydrogen) atoms. The molecule has 0 aromatic carbocycles. The first kappa shape index (κ1) is 109. The van der Waals surface area contributed by atoms with Crippen molar-refractivity contribution in [3.63, 3.8) is 0 Å². The van der Waals surface area contributed by atoms with Crippen molar-refractivity contribution in [2.45, 2.75) is 226 Å². The lowest BCUT2D eigenvalue weighted by Crippen LogP contribution is -2.45. The van der Waals surface area contributed by atoms with Crippen LogP contribution in [0.15, 0.2) is 150 Å². The summed E-state index contributed by atoms with van der Waals surface area (Å²) in [5, 5.41) is 56.8. The summed E-state index contributed by atoms with van der Waals surface area (Å²) in [6, 6.07) is 24.4. The summed E-state index contributed by atoms with van der Waals surface area (Å²) in [4.78, 5) is 63.3. The number of aromatic nitrogens is 20. The Balaban J connectivity index is 0.000000212. The maximum absolute atomic E-state index is 12.5. The zero-order valence-corrected chi connectivity index (χ0v) is 89.6. The number of carboxylic acids is 1. The molecule has 0 aliphatic carbocycles. The molecule has 0 saturated carbocycles. The van der Waals surface area contributed by atoms with E-state index in [0.29, 0.717) is 23.1 Å². The number of rotatable bonds is 17. The van der Waals surface area contributed by atoms with Crippen molar-refractivity contribution >= 4 is 169 Å². The third kappa shape index (κ3) is 33.5. The van der Waals surface area contributed by atoms with Gasteiger partial charge in [-0.3, -0.25) is 19.3 Å². The number of aromatic amines is 1. The monoisotopic (exact) mass is 2040 g/mol. The Morgan fingerprint density at radius 2 is 0.909 bits per heavy atom. The number of amides is 1. The molecule has 2 aliphatic rings. The molecule has 0 bridgehead atoms. The first-order valence-corrected chi connectivity index (χ1v) is 64.5. The molecule has 0 radical (unpaired) electrons. The van der Waals surface area contributed by atoms with Gasteiger partial charge in [-0.05, 0) is 179 Å². The number of nitrogens with one attached hydrogen (secondary N) is 2. The number of pyridine rings is 4. The van der Waals surface area contributed by atoms with Gasteiger partial charge in [0, 0.05) is 110 Å². The molecule has 12 aromatic rings. The van der Waals surface area contributed by atoms with E-state index < -0.39 is 95.4 Å². The normalized spacial score (nSPS) is 14.3. The minimum Gasteiger partial charge on any atom is -0.478 e. The molecule has 14 heterocycles. The summed E-state index contributed by atoms with van der Waals surface area (Å²) in [5.74, 6) is -1.43. The zero-order valence-electron chi connectivity index (χ0n) is 79.2. The first-order valence-electron chi connectivity index (χ1n) is 42.1. The molecule has 1 amide bonds. The highest BCUT2D eigenvalue weighted by Gasteiger charge is 2.31. The molecule has 47 heteroatoms. The van der Waals surface area contributed by atoms with Gasteiger partial charge in [0.2, 0.25) is 10.0 Å². The smallest absolute Gasteiger partial charge is 0.341 e. The van der Waals surface area contributed by atoms with Crippen LogP contribution in [0.5, 0.6) is 0 Å². The third-order valence-electron chi connectivity index (χ3n) is 18.7. The van der Waals surface area contributed by atoms with Gasteiger partial charge in [-0.2, -0.15) is 40.8 Å². The number of halogens is 5. The minimum absolute atomic E-state index is 0.0111. The molecule has 14 rings (SSSR count). The maximum Gasteiger partial charge on any atom is 0.341 e. The van der Waals surface area contributed by atoms with Gasteiger partial charge in [-0.15, -0.1) is 0 Å². The molecule has 5 N–H and O–H groups in total. The van der Waals surface area contributed by atoms with Crippen LogP contribution in [0, 0.1) is 13.8 Å². The topological polar surface area (TPSA) is 437 Å². The number of sulfonamides is 2. The summed E-state index contributed by atoms with van der Waals surface area (Å²) < 4.78 is 82.0. The summed E-state index contributed by atoms with van der Waals surface area (Å²) in [6.07, 6.45) is 23.1. The molecular weight excluding hydrogens is 1920 g/mol. The van der Waals surface area contributed by atoms with E-state index >= 15 is 0 Å². The van der Waals surface area contributed by atoms with Gasteiger partial charge in [0.1, 0.15) is 99.6 Å². The summed E-state index contributed by atoms with van der Waals surface area (Å²) in [7, 11) is -11.4. The van der Waals surface area contributed by atoms with Gasteiger partial charge in [0.15, 0.2) is 17.5 Å². The lowest BCUT2D eigenvalue weighted by molar-refractivity contribution is -0.0394. The van der Waals surface area contributed by atoms with E-state index in [2.05, 4.69) is 181 Å². The third-order valence-corrected chi connectivity index (χ3v) is 31.8. The second-order valence-corrected chi connectivity index (χ2v) is 67.8. The number of H-pyrrole nitrogens is 1. The Labute approximate surface area is 801 Å². The van der Waals surface area contributed by atoms with Crippen molar-refractivity contribution in [2.75, 3.05) is 13.2 Å². The van der Waals surface area contributed by atoms with Crippen molar-refractivity contribution < 1.29 is 60.1 Å². The van der Waals surface area contributed by atoms with Crippen LogP contribution in [0.1, 0.15) is 145 Å². The number of hydrogen-bond donors (Lipinski definition) is 4. The van der Waals surface area contributed by atoms with E-state index in [1.165, 1.54) is 82.3 Å². The van der Waals surface area contributed by atoms with Crippen LogP contribution in [0.2, 0.25) is 124 Å². The van der Waals surface area contributed by atoms with Crippen molar-refractivity contribution in [1.29, 1.82) is 0 Å². The second-order valence-electron chi connectivity index (χ2n) is 37.7.